The zero-order valence-corrected chi connectivity index (χ0v) is 20.0. The number of rotatable bonds is 8. The van der Waals surface area contributed by atoms with Gasteiger partial charge in [-0.1, -0.05) is 36.4 Å². The van der Waals surface area contributed by atoms with Gasteiger partial charge in [-0.3, -0.25) is 9.36 Å². The summed E-state index contributed by atoms with van der Waals surface area (Å²) in [5.41, 5.74) is 15.3. The molecule has 0 bridgehead atoms. The van der Waals surface area contributed by atoms with E-state index in [2.05, 4.69) is 5.32 Å². The number of primary amides is 1. The topological polar surface area (TPSA) is 162 Å². The summed E-state index contributed by atoms with van der Waals surface area (Å²) in [4.78, 5) is 21.7. The fraction of sp³-hybridized carbons (Fsp3) is 0.115. The molecule has 3 aromatic carbocycles. The number of methoxy groups -OCH3 is 1. The van der Waals surface area contributed by atoms with Crippen LogP contribution in [0.15, 0.2) is 66.7 Å². The lowest BCUT2D eigenvalue weighted by Gasteiger charge is -2.15. The van der Waals surface area contributed by atoms with Gasteiger partial charge in [0.1, 0.15) is 17.1 Å². The van der Waals surface area contributed by atoms with Crippen LogP contribution in [0.2, 0.25) is 0 Å². The van der Waals surface area contributed by atoms with Gasteiger partial charge in [0.25, 0.3) is 0 Å². The van der Waals surface area contributed by atoms with Crippen LogP contribution in [0.1, 0.15) is 21.6 Å². The smallest absolute Gasteiger partial charge is 0.488 e. The lowest BCUT2D eigenvalue weighted by Crippen LogP contribution is -2.30. The van der Waals surface area contributed by atoms with E-state index >= 15 is 0 Å². The maximum absolute atomic E-state index is 12.1. The highest BCUT2D eigenvalue weighted by molar-refractivity contribution is 6.58. The number of nitrogens with two attached hydrogens (primary N) is 2. The summed E-state index contributed by atoms with van der Waals surface area (Å²) in [7, 11) is 0.0166. The van der Waals surface area contributed by atoms with Gasteiger partial charge in [-0.2, -0.15) is 4.98 Å². The van der Waals surface area contributed by atoms with E-state index in [9.17, 15) is 14.8 Å². The molecule has 1 amide bonds. The second-order valence-electron chi connectivity index (χ2n) is 8.48. The van der Waals surface area contributed by atoms with Crippen molar-refractivity contribution < 1.29 is 19.6 Å². The van der Waals surface area contributed by atoms with E-state index in [0.717, 1.165) is 10.9 Å². The maximum atomic E-state index is 12.1. The van der Waals surface area contributed by atoms with Crippen molar-refractivity contribution in [1.82, 2.24) is 14.5 Å². The van der Waals surface area contributed by atoms with Gasteiger partial charge in [0.05, 0.1) is 12.6 Å². The number of nitrogens with one attached hydrogen (secondary N) is 1. The molecular formula is C26H25BN6O4. The lowest BCUT2D eigenvalue weighted by molar-refractivity contribution is 0.100. The number of aromatic nitrogens is 3. The van der Waals surface area contributed by atoms with Crippen molar-refractivity contribution in [2.75, 3.05) is 12.4 Å². The average Bonchev–Trinajstić information content (AvgIpc) is 3.30. The van der Waals surface area contributed by atoms with E-state index < -0.39 is 13.0 Å². The predicted octanol–water partition coefficient (Wildman–Crippen LogP) is 1.43. The third-order valence-electron chi connectivity index (χ3n) is 6.20. The maximum Gasteiger partial charge on any atom is 0.488 e. The molecule has 7 N–H and O–H groups in total. The first kappa shape index (κ1) is 24.3. The van der Waals surface area contributed by atoms with E-state index in [0.29, 0.717) is 57.2 Å². The normalized spacial score (nSPS) is 11.1. The van der Waals surface area contributed by atoms with Crippen LogP contribution >= 0.6 is 0 Å². The van der Waals surface area contributed by atoms with Crippen LogP contribution in [0.25, 0.3) is 27.8 Å². The van der Waals surface area contributed by atoms with E-state index in [1.54, 1.807) is 37.4 Å². The van der Waals surface area contributed by atoms with Crippen molar-refractivity contribution in [2.45, 2.75) is 13.1 Å². The van der Waals surface area contributed by atoms with Crippen LogP contribution in [-0.2, 0) is 13.1 Å². The van der Waals surface area contributed by atoms with E-state index in [1.807, 2.05) is 41.0 Å². The largest absolute Gasteiger partial charge is 0.494 e. The summed E-state index contributed by atoms with van der Waals surface area (Å²) in [6.07, 6.45) is 0. The molecule has 37 heavy (non-hydrogen) atoms. The summed E-state index contributed by atoms with van der Waals surface area (Å²) in [6.45, 7) is 0.546. The molecule has 2 heterocycles. The molecule has 0 unspecified atom stereocenters. The van der Waals surface area contributed by atoms with Gasteiger partial charge in [0, 0.05) is 35.1 Å². The van der Waals surface area contributed by atoms with E-state index in [1.165, 1.54) is 0 Å². The van der Waals surface area contributed by atoms with Gasteiger partial charge in [-0.05, 0) is 41.4 Å². The molecular weight excluding hydrogens is 471 g/mol. The molecule has 186 valence electrons. The molecule has 0 aliphatic heterocycles. The average molecular weight is 496 g/mol. The molecule has 0 spiro atoms. The standard InChI is InChI=1S/C26H25BN6O4/c1-37-22-10-4-8-19-23(22)31-26(32-25(19)30-14-15-5-2-6-16(11-15)27(35)36)33-17(13-28)12-20-18(24(29)34)7-3-9-21(20)33/h2-12,35-36H,13-14,28H2,1H3,(H2,29,34)(H,30,31,32). The number of benzene rings is 3. The molecule has 0 saturated heterocycles. The molecule has 11 heteroatoms. The van der Waals surface area contributed by atoms with Gasteiger partial charge >= 0.3 is 7.12 Å². The van der Waals surface area contributed by atoms with Gasteiger partial charge < -0.3 is 31.6 Å². The first-order valence-electron chi connectivity index (χ1n) is 11.6. The number of ether oxygens (including phenoxy) is 1. The van der Waals surface area contributed by atoms with Crippen LogP contribution < -0.4 is 27.0 Å². The Morgan fingerprint density at radius 1 is 1.05 bits per heavy atom. The molecule has 0 aliphatic carbocycles. The molecule has 0 atom stereocenters. The van der Waals surface area contributed by atoms with Gasteiger partial charge in [-0.25, -0.2) is 4.98 Å². The second-order valence-corrected chi connectivity index (χ2v) is 8.48. The van der Waals surface area contributed by atoms with Crippen molar-refractivity contribution in [2.24, 2.45) is 11.5 Å². The van der Waals surface area contributed by atoms with Crippen molar-refractivity contribution in [3.63, 3.8) is 0 Å². The number of para-hydroxylation sites is 1. The Labute approximate surface area is 212 Å². The second kappa shape index (κ2) is 9.90. The van der Waals surface area contributed by atoms with Crippen LogP contribution in [0.5, 0.6) is 5.75 Å². The minimum absolute atomic E-state index is 0.180. The highest BCUT2D eigenvalue weighted by Crippen LogP contribution is 2.32. The Hall–Kier alpha value is -4.45. The summed E-state index contributed by atoms with van der Waals surface area (Å²) in [5, 5.41) is 23.8. The van der Waals surface area contributed by atoms with E-state index in [-0.39, 0.29) is 6.54 Å². The Morgan fingerprint density at radius 3 is 2.57 bits per heavy atom. The number of anilines is 1. The fourth-order valence-corrected chi connectivity index (χ4v) is 4.45. The number of amides is 1. The number of fused-ring (bicyclic) bond motifs is 2. The summed E-state index contributed by atoms with van der Waals surface area (Å²) in [5.74, 6) is 0.920. The zero-order valence-electron chi connectivity index (χ0n) is 20.0. The Balaban J connectivity index is 1.68. The van der Waals surface area contributed by atoms with Gasteiger partial charge in [-0.15, -0.1) is 0 Å². The minimum Gasteiger partial charge on any atom is -0.494 e. The highest BCUT2D eigenvalue weighted by atomic mass is 16.5. The van der Waals surface area contributed by atoms with Gasteiger partial charge in [0.15, 0.2) is 0 Å². The molecule has 5 rings (SSSR count). The highest BCUT2D eigenvalue weighted by Gasteiger charge is 2.19. The number of nitrogens with zero attached hydrogens (tertiary/aromatic N) is 3. The SMILES string of the molecule is COc1cccc2c(NCc3cccc(B(O)O)c3)nc(-n3c(CN)cc4c(C(N)=O)cccc43)nc12. The van der Waals surface area contributed by atoms with Crippen LogP contribution in [0.4, 0.5) is 5.82 Å². The first-order valence-corrected chi connectivity index (χ1v) is 11.6. The Morgan fingerprint density at radius 2 is 1.84 bits per heavy atom. The number of hydrogen-bond acceptors (Lipinski definition) is 8. The number of carbonyl (C=O) groups excluding carboxylic acids is 1. The quantitative estimate of drug-likeness (QED) is 0.202. The third kappa shape index (κ3) is 4.47. The number of hydrogen-bond donors (Lipinski definition) is 5. The van der Waals surface area contributed by atoms with Crippen LogP contribution in [-0.4, -0.2) is 44.7 Å². The van der Waals surface area contributed by atoms with Crippen molar-refractivity contribution in [3.05, 3.63) is 83.6 Å². The third-order valence-corrected chi connectivity index (χ3v) is 6.20. The van der Waals surface area contributed by atoms with Gasteiger partial charge in [0.2, 0.25) is 11.9 Å². The molecule has 5 aromatic rings. The number of carbonyl (C=O) groups is 1. The predicted molar refractivity (Wildman–Crippen MR) is 143 cm³/mol. The Kier molecular flexibility index (Phi) is 6.49. The summed E-state index contributed by atoms with van der Waals surface area (Å²) >= 11 is 0. The Bertz CT molecular complexity index is 1640. The molecule has 0 fully saturated rings. The fourth-order valence-electron chi connectivity index (χ4n) is 4.45. The van der Waals surface area contributed by atoms with Crippen molar-refractivity contribution in [3.8, 4) is 11.7 Å². The summed E-state index contributed by atoms with van der Waals surface area (Å²) < 4.78 is 7.39. The molecule has 0 saturated carbocycles. The zero-order chi connectivity index (χ0) is 26.1. The van der Waals surface area contributed by atoms with Crippen LogP contribution in [0, 0.1) is 0 Å². The van der Waals surface area contributed by atoms with E-state index in [4.69, 9.17) is 26.2 Å². The van der Waals surface area contributed by atoms with Crippen molar-refractivity contribution in [1.29, 1.82) is 0 Å². The van der Waals surface area contributed by atoms with Crippen molar-refractivity contribution >= 4 is 46.1 Å². The molecule has 0 aliphatic rings. The summed E-state index contributed by atoms with van der Waals surface area (Å²) in [6, 6.07) is 19.6. The molecule has 10 nitrogen and oxygen atoms in total. The first-order chi connectivity index (χ1) is 17.9. The molecule has 0 radical (unpaired) electrons. The molecule has 2 aromatic heterocycles. The minimum atomic E-state index is -1.56. The van der Waals surface area contributed by atoms with Crippen LogP contribution in [0.3, 0.4) is 0 Å². The lowest BCUT2D eigenvalue weighted by atomic mass is 9.80. The monoisotopic (exact) mass is 496 g/mol.